The quantitative estimate of drug-likeness (QED) is 0.126. The summed E-state index contributed by atoms with van der Waals surface area (Å²) in [6, 6.07) is 53.4. The Hall–Kier alpha value is -5.11. The second-order valence-electron chi connectivity index (χ2n) is 14.8. The number of hydrogen-bond acceptors (Lipinski definition) is 1. The van der Waals surface area contributed by atoms with Crippen molar-refractivity contribution in [3.63, 3.8) is 0 Å². The molecule has 0 radical (unpaired) electrons. The Morgan fingerprint density at radius 3 is 1.75 bits per heavy atom. The summed E-state index contributed by atoms with van der Waals surface area (Å²) < 4.78 is 0. The lowest BCUT2D eigenvalue weighted by molar-refractivity contribution is 0.437. The minimum Gasteiger partial charge on any atom is -0.179 e. The van der Waals surface area contributed by atoms with Gasteiger partial charge in [-0.25, -0.2) is 0 Å². The van der Waals surface area contributed by atoms with Gasteiger partial charge in [0.05, 0.1) is 0 Å². The van der Waals surface area contributed by atoms with E-state index in [1.165, 1.54) is 104 Å². The molecule has 0 nitrogen and oxygen atoms in total. The van der Waals surface area contributed by atoms with Crippen molar-refractivity contribution in [3.8, 4) is 33.4 Å². The largest absolute Gasteiger partial charge is 0.179 e. The highest BCUT2D eigenvalue weighted by Crippen LogP contribution is 2.56. The van der Waals surface area contributed by atoms with Gasteiger partial charge >= 0.3 is 0 Å². The van der Waals surface area contributed by atoms with Crippen LogP contribution < -0.4 is 0 Å². The first-order valence-corrected chi connectivity index (χ1v) is 19.2. The van der Waals surface area contributed by atoms with Crippen LogP contribution in [0.5, 0.6) is 0 Å². The van der Waals surface area contributed by atoms with Crippen LogP contribution in [0, 0.1) is 6.92 Å². The van der Waals surface area contributed by atoms with Crippen LogP contribution in [0.2, 0.25) is 0 Å². The highest BCUT2D eigenvalue weighted by atomic mass is 32.1. The lowest BCUT2D eigenvalue weighted by atomic mass is 9.70. The summed E-state index contributed by atoms with van der Waals surface area (Å²) in [5, 5.41) is 13.3. The molecule has 0 bridgehead atoms. The van der Waals surface area contributed by atoms with Crippen molar-refractivity contribution in [1.82, 2.24) is 0 Å². The van der Waals surface area contributed by atoms with Gasteiger partial charge in [0, 0.05) is 5.41 Å². The second-order valence-corrected chi connectivity index (χ2v) is 15.2. The Morgan fingerprint density at radius 2 is 1.04 bits per heavy atom. The standard InChI is InChI=1S/C50H40S/c1-3-24-50(25-9-26-51)45-29-35(43-27-34-11-4-5-15-38(34)47-31(2)10-6-16-41(43)47)20-22-39(45)40-23-21-36(30-46(40)50)44-28-37-14-7-12-32-18-19-33-13-8-17-42(44)49(33)48(32)37/h4-8,10-23,27-30,51H,3,9,24-26H2,1-2H3. The molecule has 0 saturated heterocycles. The number of benzene rings is 9. The first-order chi connectivity index (χ1) is 25.1. The molecule has 0 aliphatic heterocycles. The lowest BCUT2D eigenvalue weighted by Gasteiger charge is -2.33. The van der Waals surface area contributed by atoms with Crippen molar-refractivity contribution >= 4 is 66.5 Å². The maximum atomic E-state index is 4.77. The van der Waals surface area contributed by atoms with Gasteiger partial charge in [0.15, 0.2) is 0 Å². The topological polar surface area (TPSA) is 0 Å². The Morgan fingerprint density at radius 1 is 0.471 bits per heavy atom. The summed E-state index contributed by atoms with van der Waals surface area (Å²) in [6.07, 6.45) is 4.40. The average molecular weight is 673 g/mol. The zero-order valence-corrected chi connectivity index (χ0v) is 30.2. The molecule has 1 aliphatic carbocycles. The van der Waals surface area contributed by atoms with Gasteiger partial charge in [0.2, 0.25) is 0 Å². The van der Waals surface area contributed by atoms with Crippen LogP contribution in [0.4, 0.5) is 0 Å². The van der Waals surface area contributed by atoms with E-state index in [1.54, 1.807) is 0 Å². The minimum atomic E-state index is -0.0735. The molecule has 0 amide bonds. The highest BCUT2D eigenvalue weighted by Gasteiger charge is 2.42. The molecule has 1 unspecified atom stereocenters. The molecule has 0 fully saturated rings. The van der Waals surface area contributed by atoms with E-state index in [-0.39, 0.29) is 5.41 Å². The summed E-state index contributed by atoms with van der Waals surface area (Å²) in [5.41, 5.74) is 12.3. The Balaban J connectivity index is 1.21. The molecule has 0 heterocycles. The van der Waals surface area contributed by atoms with Crippen LogP contribution in [0.3, 0.4) is 0 Å². The van der Waals surface area contributed by atoms with Crippen LogP contribution in [-0.4, -0.2) is 5.75 Å². The average Bonchev–Trinajstić information content (AvgIpc) is 3.43. The van der Waals surface area contributed by atoms with Crippen LogP contribution in [0.25, 0.3) is 87.2 Å². The Bertz CT molecular complexity index is 2820. The molecule has 51 heavy (non-hydrogen) atoms. The Kier molecular flexibility index (Phi) is 7.05. The molecular formula is C50H40S. The third kappa shape index (κ3) is 4.47. The number of thiol groups is 1. The zero-order chi connectivity index (χ0) is 34.3. The third-order valence-electron chi connectivity index (χ3n) is 12.0. The molecule has 0 saturated carbocycles. The van der Waals surface area contributed by atoms with Crippen molar-refractivity contribution < 1.29 is 0 Å². The fourth-order valence-electron chi connectivity index (χ4n) is 9.87. The maximum Gasteiger partial charge on any atom is 0.0215 e. The van der Waals surface area contributed by atoms with E-state index in [4.69, 9.17) is 12.6 Å². The van der Waals surface area contributed by atoms with Crippen molar-refractivity contribution in [2.75, 3.05) is 5.75 Å². The van der Waals surface area contributed by atoms with Gasteiger partial charge in [-0.1, -0.05) is 129 Å². The van der Waals surface area contributed by atoms with Crippen molar-refractivity contribution in [2.45, 2.75) is 44.9 Å². The summed E-state index contributed by atoms with van der Waals surface area (Å²) in [4.78, 5) is 0. The fraction of sp³-hybridized carbons (Fsp3) is 0.160. The molecule has 1 aliphatic rings. The third-order valence-corrected chi connectivity index (χ3v) is 12.3. The van der Waals surface area contributed by atoms with Crippen LogP contribution in [0.15, 0.2) is 140 Å². The molecule has 0 spiro atoms. The van der Waals surface area contributed by atoms with Gasteiger partial charge in [-0.15, -0.1) is 0 Å². The number of fused-ring (bicyclic) bond motifs is 6. The van der Waals surface area contributed by atoms with Gasteiger partial charge in [-0.3, -0.25) is 0 Å². The van der Waals surface area contributed by atoms with Gasteiger partial charge in [-0.05, 0) is 160 Å². The lowest BCUT2D eigenvalue weighted by Crippen LogP contribution is -2.25. The molecule has 0 aromatic heterocycles. The van der Waals surface area contributed by atoms with Crippen LogP contribution in [-0.2, 0) is 5.41 Å². The zero-order valence-electron chi connectivity index (χ0n) is 29.3. The van der Waals surface area contributed by atoms with Crippen LogP contribution in [0.1, 0.15) is 49.3 Å². The van der Waals surface area contributed by atoms with Gasteiger partial charge in [-0.2, -0.15) is 12.6 Å². The van der Waals surface area contributed by atoms with Crippen molar-refractivity contribution in [2.24, 2.45) is 0 Å². The summed E-state index contributed by atoms with van der Waals surface area (Å²) in [7, 11) is 0. The maximum absolute atomic E-state index is 4.77. The monoisotopic (exact) mass is 672 g/mol. The molecule has 246 valence electrons. The number of hydrogen-bond donors (Lipinski definition) is 1. The van der Waals surface area contributed by atoms with E-state index in [0.717, 1.165) is 31.4 Å². The van der Waals surface area contributed by atoms with E-state index in [1.807, 2.05) is 0 Å². The molecule has 1 atom stereocenters. The first-order valence-electron chi connectivity index (χ1n) is 18.6. The summed E-state index contributed by atoms with van der Waals surface area (Å²) in [6.45, 7) is 4.61. The van der Waals surface area contributed by atoms with E-state index in [2.05, 4.69) is 153 Å². The first kappa shape index (κ1) is 30.7. The van der Waals surface area contributed by atoms with Gasteiger partial charge in [0.1, 0.15) is 0 Å². The number of rotatable bonds is 7. The molecular weight excluding hydrogens is 633 g/mol. The molecule has 0 N–H and O–H groups in total. The van der Waals surface area contributed by atoms with Crippen LogP contribution >= 0.6 is 12.6 Å². The van der Waals surface area contributed by atoms with E-state index >= 15 is 0 Å². The second kappa shape index (κ2) is 11.7. The predicted octanol–water partition coefficient (Wildman–Crippen LogP) is 14.3. The van der Waals surface area contributed by atoms with E-state index in [9.17, 15) is 0 Å². The van der Waals surface area contributed by atoms with Crippen molar-refractivity contribution in [1.29, 1.82) is 0 Å². The molecule has 1 heteroatoms. The highest BCUT2D eigenvalue weighted by molar-refractivity contribution is 7.80. The SMILES string of the molecule is CCCC1(CCCS)c2cc(-c3cc4ccccc4c4c(C)cccc34)ccc2-c2ccc(-c3cc4cccc5ccc6cccc3c6c54)cc21. The summed E-state index contributed by atoms with van der Waals surface area (Å²) >= 11 is 4.77. The normalized spacial score (nSPS) is 15.4. The van der Waals surface area contributed by atoms with E-state index in [0.29, 0.717) is 0 Å². The smallest absolute Gasteiger partial charge is 0.0215 e. The molecule has 9 aromatic rings. The molecule has 9 aromatic carbocycles. The fourth-order valence-corrected chi connectivity index (χ4v) is 10.0. The predicted molar refractivity (Wildman–Crippen MR) is 225 cm³/mol. The Labute approximate surface area is 305 Å². The molecule has 10 rings (SSSR count). The number of aryl methyl sites for hydroxylation is 1. The van der Waals surface area contributed by atoms with E-state index < -0.39 is 0 Å². The summed E-state index contributed by atoms with van der Waals surface area (Å²) in [5.74, 6) is 0.887. The van der Waals surface area contributed by atoms with Gasteiger partial charge < -0.3 is 0 Å². The van der Waals surface area contributed by atoms with Crippen molar-refractivity contribution in [3.05, 3.63) is 156 Å². The van der Waals surface area contributed by atoms with Gasteiger partial charge in [0.25, 0.3) is 0 Å². The minimum absolute atomic E-state index is 0.0735.